The minimum Gasteiger partial charge on any atom is -0.481 e. The summed E-state index contributed by atoms with van der Waals surface area (Å²) >= 11 is 0. The van der Waals surface area contributed by atoms with Crippen molar-refractivity contribution < 1.29 is 44.1 Å². The van der Waals surface area contributed by atoms with Crippen molar-refractivity contribution in [2.24, 2.45) is 17.4 Å². The molecule has 5 unspecified atom stereocenters. The number of carbonyl (C=O) groups excluding carboxylic acids is 4. The number of amides is 4. The van der Waals surface area contributed by atoms with E-state index in [4.69, 9.17) is 21.7 Å². The molecule has 32 heavy (non-hydrogen) atoms. The maximum Gasteiger partial charge on any atom is 0.326 e. The lowest BCUT2D eigenvalue weighted by atomic mass is 9.97. The maximum absolute atomic E-state index is 12.7. The number of hydrogen-bond acceptors (Lipinski definition) is 8. The highest BCUT2D eigenvalue weighted by atomic mass is 16.4. The summed E-state index contributed by atoms with van der Waals surface area (Å²) in [5.74, 6) is -6.87. The second-order valence-corrected chi connectivity index (χ2v) is 7.22. The molecule has 14 nitrogen and oxygen atoms in total. The van der Waals surface area contributed by atoms with Crippen LogP contribution >= 0.6 is 0 Å². The van der Waals surface area contributed by atoms with Gasteiger partial charge < -0.3 is 42.7 Å². The van der Waals surface area contributed by atoms with Crippen LogP contribution in [0.3, 0.4) is 0 Å². The summed E-state index contributed by atoms with van der Waals surface area (Å²) in [6.07, 6.45) is -0.660. The Morgan fingerprint density at radius 2 is 1.47 bits per heavy atom. The molecule has 182 valence electrons. The van der Waals surface area contributed by atoms with Crippen LogP contribution in [0, 0.1) is 5.92 Å². The Morgan fingerprint density at radius 3 is 1.91 bits per heavy atom. The minimum absolute atomic E-state index is 0.0438. The molecular formula is C18H31N5O9. The molecule has 14 heteroatoms. The third-order valence-corrected chi connectivity index (χ3v) is 4.64. The van der Waals surface area contributed by atoms with Gasteiger partial charge in [-0.1, -0.05) is 20.3 Å². The maximum atomic E-state index is 12.7. The van der Waals surface area contributed by atoms with Gasteiger partial charge in [0.1, 0.15) is 18.1 Å². The molecule has 0 aliphatic rings. The number of carbonyl (C=O) groups is 6. The molecule has 4 amide bonds. The van der Waals surface area contributed by atoms with E-state index in [9.17, 15) is 33.9 Å². The number of aliphatic carboxylic acids is 2. The first kappa shape index (κ1) is 28.7. The molecule has 0 fully saturated rings. The Labute approximate surface area is 184 Å². The number of carboxylic acid groups (broad SMARTS) is 2. The van der Waals surface area contributed by atoms with Crippen molar-refractivity contribution in [2.75, 3.05) is 6.61 Å². The molecule has 0 rings (SSSR count). The summed E-state index contributed by atoms with van der Waals surface area (Å²) in [5, 5.41) is 33.8. The summed E-state index contributed by atoms with van der Waals surface area (Å²) in [4.78, 5) is 69.9. The van der Waals surface area contributed by atoms with Crippen LogP contribution in [0.15, 0.2) is 0 Å². The van der Waals surface area contributed by atoms with Crippen LogP contribution in [0.2, 0.25) is 0 Å². The lowest BCUT2D eigenvalue weighted by Crippen LogP contribution is -2.59. The van der Waals surface area contributed by atoms with Crippen molar-refractivity contribution in [2.45, 2.75) is 63.7 Å². The van der Waals surface area contributed by atoms with E-state index in [-0.39, 0.29) is 12.8 Å². The molecule has 0 bridgehead atoms. The lowest BCUT2D eigenvalue weighted by molar-refractivity contribution is -0.147. The molecule has 0 saturated heterocycles. The van der Waals surface area contributed by atoms with Crippen molar-refractivity contribution in [3.63, 3.8) is 0 Å². The third-order valence-electron chi connectivity index (χ3n) is 4.64. The Bertz CT molecular complexity index is 715. The molecule has 10 N–H and O–H groups in total. The highest BCUT2D eigenvalue weighted by Gasteiger charge is 2.32. The quantitative estimate of drug-likeness (QED) is 0.120. The summed E-state index contributed by atoms with van der Waals surface area (Å²) < 4.78 is 0. The number of aliphatic hydroxyl groups is 1. The number of primary amides is 1. The molecule has 0 aromatic carbocycles. The Hall–Kier alpha value is -3.26. The van der Waals surface area contributed by atoms with Gasteiger partial charge in [0.05, 0.1) is 19.1 Å². The van der Waals surface area contributed by atoms with Gasteiger partial charge >= 0.3 is 11.9 Å². The zero-order chi connectivity index (χ0) is 25.0. The first-order valence-electron chi connectivity index (χ1n) is 9.84. The number of hydrogen-bond donors (Lipinski definition) is 8. The van der Waals surface area contributed by atoms with E-state index >= 15 is 0 Å². The SMILES string of the molecule is CCC(C)C(NC(=O)C(N)CCC(N)=O)C(=O)NC(CO)C(=O)NC(CC(=O)O)C(=O)O. The molecular weight excluding hydrogens is 430 g/mol. The fourth-order valence-electron chi connectivity index (χ4n) is 2.49. The third kappa shape index (κ3) is 10.2. The van der Waals surface area contributed by atoms with Crippen LogP contribution in [0.4, 0.5) is 0 Å². The largest absolute Gasteiger partial charge is 0.481 e. The number of aliphatic hydroxyl groups excluding tert-OH is 1. The summed E-state index contributed by atoms with van der Waals surface area (Å²) in [6.45, 7) is 2.46. The van der Waals surface area contributed by atoms with Crippen LogP contribution < -0.4 is 27.4 Å². The van der Waals surface area contributed by atoms with E-state index < -0.39 is 78.7 Å². The van der Waals surface area contributed by atoms with Crippen molar-refractivity contribution in [1.82, 2.24) is 16.0 Å². The van der Waals surface area contributed by atoms with E-state index in [0.29, 0.717) is 6.42 Å². The van der Waals surface area contributed by atoms with Gasteiger partial charge in [-0.2, -0.15) is 0 Å². The molecule has 0 aromatic rings. The summed E-state index contributed by atoms with van der Waals surface area (Å²) in [6, 6.07) is -5.67. The highest BCUT2D eigenvalue weighted by molar-refractivity contribution is 5.94. The minimum atomic E-state index is -1.78. The van der Waals surface area contributed by atoms with Crippen LogP contribution in [0.1, 0.15) is 39.5 Å². The van der Waals surface area contributed by atoms with Gasteiger partial charge in [-0.3, -0.25) is 24.0 Å². The predicted octanol–water partition coefficient (Wildman–Crippen LogP) is -3.37. The monoisotopic (exact) mass is 461 g/mol. The number of nitrogens with one attached hydrogen (secondary N) is 3. The number of rotatable bonds is 15. The summed E-state index contributed by atoms with van der Waals surface area (Å²) in [5.41, 5.74) is 10.7. The first-order valence-corrected chi connectivity index (χ1v) is 9.84. The molecule has 0 radical (unpaired) electrons. The van der Waals surface area contributed by atoms with Crippen molar-refractivity contribution >= 4 is 35.6 Å². The first-order chi connectivity index (χ1) is 14.8. The van der Waals surface area contributed by atoms with E-state index in [1.807, 2.05) is 5.32 Å². The topological polar surface area (TPSA) is 251 Å². The molecule has 0 aliphatic heterocycles. The Balaban J connectivity index is 5.29. The second kappa shape index (κ2) is 13.9. The van der Waals surface area contributed by atoms with E-state index in [1.54, 1.807) is 13.8 Å². The predicted molar refractivity (Wildman–Crippen MR) is 109 cm³/mol. The van der Waals surface area contributed by atoms with Gasteiger partial charge in [0.25, 0.3) is 0 Å². The van der Waals surface area contributed by atoms with Crippen LogP contribution in [-0.2, 0) is 28.8 Å². The fraction of sp³-hybridized carbons (Fsp3) is 0.667. The average Bonchev–Trinajstić information content (AvgIpc) is 2.71. The smallest absolute Gasteiger partial charge is 0.326 e. The van der Waals surface area contributed by atoms with Crippen LogP contribution in [-0.4, -0.2) is 81.7 Å². The van der Waals surface area contributed by atoms with Gasteiger partial charge in [0.2, 0.25) is 23.6 Å². The molecule has 0 spiro atoms. The molecule has 0 heterocycles. The fourth-order valence-corrected chi connectivity index (χ4v) is 2.49. The lowest BCUT2D eigenvalue weighted by Gasteiger charge is -2.27. The standard InChI is InChI=1S/C18H31N5O9/c1-3-8(2)14(23-15(28)9(19)4-5-12(20)25)17(30)22-11(7-24)16(29)21-10(18(31)32)6-13(26)27/h8-11,14,24H,3-7,19H2,1-2H3,(H2,20,25)(H,21,29)(H,22,30)(H,23,28)(H,26,27)(H,31,32). The zero-order valence-corrected chi connectivity index (χ0v) is 17.9. The molecule has 5 atom stereocenters. The van der Waals surface area contributed by atoms with E-state index in [2.05, 4.69) is 10.6 Å². The van der Waals surface area contributed by atoms with E-state index in [1.165, 1.54) is 0 Å². The van der Waals surface area contributed by atoms with Crippen LogP contribution in [0.5, 0.6) is 0 Å². The number of nitrogens with two attached hydrogens (primary N) is 2. The van der Waals surface area contributed by atoms with Gasteiger partial charge in [0.15, 0.2) is 0 Å². The normalized spacial score (nSPS) is 15.4. The van der Waals surface area contributed by atoms with Gasteiger partial charge in [-0.15, -0.1) is 0 Å². The Morgan fingerprint density at radius 1 is 0.906 bits per heavy atom. The second-order valence-electron chi connectivity index (χ2n) is 7.22. The molecule has 0 saturated carbocycles. The molecule has 0 aromatic heterocycles. The van der Waals surface area contributed by atoms with Crippen LogP contribution in [0.25, 0.3) is 0 Å². The average molecular weight is 461 g/mol. The highest BCUT2D eigenvalue weighted by Crippen LogP contribution is 2.09. The number of carboxylic acids is 2. The van der Waals surface area contributed by atoms with Crippen molar-refractivity contribution in [3.05, 3.63) is 0 Å². The van der Waals surface area contributed by atoms with Crippen molar-refractivity contribution in [1.29, 1.82) is 0 Å². The summed E-state index contributed by atoms with van der Waals surface area (Å²) in [7, 11) is 0. The van der Waals surface area contributed by atoms with Gasteiger partial charge in [-0.05, 0) is 12.3 Å². The van der Waals surface area contributed by atoms with Crippen molar-refractivity contribution in [3.8, 4) is 0 Å². The Kier molecular flexibility index (Phi) is 12.5. The van der Waals surface area contributed by atoms with Gasteiger partial charge in [0, 0.05) is 6.42 Å². The van der Waals surface area contributed by atoms with E-state index in [0.717, 1.165) is 0 Å². The zero-order valence-electron chi connectivity index (χ0n) is 17.9. The molecule has 0 aliphatic carbocycles. The van der Waals surface area contributed by atoms with Gasteiger partial charge in [-0.25, -0.2) is 4.79 Å².